The first kappa shape index (κ1) is 17.4. The van der Waals surface area contributed by atoms with Crippen molar-refractivity contribution in [3.63, 3.8) is 0 Å². The van der Waals surface area contributed by atoms with E-state index in [-0.39, 0.29) is 0 Å². The van der Waals surface area contributed by atoms with Crippen LogP contribution in [0.25, 0.3) is 0 Å². The molecule has 20 heavy (non-hydrogen) atoms. The largest absolute Gasteiger partial charge is 0.214 e. The van der Waals surface area contributed by atoms with Gasteiger partial charge in [-0.15, -0.1) is 0 Å². The number of nitrogens with one attached hydrogen (secondary N) is 1. The van der Waals surface area contributed by atoms with Crippen LogP contribution in [0.1, 0.15) is 45.1 Å². The quantitative estimate of drug-likeness (QED) is 0.808. The van der Waals surface area contributed by atoms with Crippen molar-refractivity contribution in [1.29, 1.82) is 0 Å². The fourth-order valence-electron chi connectivity index (χ4n) is 2.63. The molecule has 0 aliphatic heterocycles. The summed E-state index contributed by atoms with van der Waals surface area (Å²) in [5.74, 6) is 0.648. The third kappa shape index (κ3) is 5.76. The van der Waals surface area contributed by atoms with Gasteiger partial charge in [0, 0.05) is 10.4 Å². The third-order valence-corrected chi connectivity index (χ3v) is 4.00. The van der Waals surface area contributed by atoms with Crippen LogP contribution in [0.15, 0.2) is 33.8 Å². The second-order valence-electron chi connectivity index (χ2n) is 5.32. The standard InChI is InChI=1S/C15H21BrN2.C2H6/c1-18(2)17-15-6-4-3-5-13(15)11-12-7-9-14(16)10-8-12;1-2/h7-10,13H,3-6,11H2,1-2H3;1-2H3/p+1/b17-15-;. The molecular weight excluding hydrogens is 312 g/mol. The number of benzene rings is 1. The topological polar surface area (TPSA) is 16.8 Å². The fourth-order valence-corrected chi connectivity index (χ4v) is 2.89. The lowest BCUT2D eigenvalue weighted by molar-refractivity contribution is -0.865. The first-order valence-corrected chi connectivity index (χ1v) is 8.56. The predicted octanol–water partition coefficient (Wildman–Crippen LogP) is 3.71. The first-order chi connectivity index (χ1) is 9.65. The highest BCUT2D eigenvalue weighted by Crippen LogP contribution is 2.25. The molecule has 0 heterocycles. The van der Waals surface area contributed by atoms with Crippen LogP contribution in [0.3, 0.4) is 0 Å². The molecule has 1 saturated carbocycles. The molecule has 1 aromatic carbocycles. The Balaban J connectivity index is 0.000000956. The van der Waals surface area contributed by atoms with E-state index in [0.29, 0.717) is 5.92 Å². The molecule has 3 heteroatoms. The molecule has 1 atom stereocenters. The Morgan fingerprint density at radius 2 is 1.80 bits per heavy atom. The number of nitrogens with zero attached hydrogens (tertiary/aromatic N) is 1. The zero-order valence-electron chi connectivity index (χ0n) is 13.2. The Hall–Kier alpha value is -0.670. The van der Waals surface area contributed by atoms with E-state index in [1.165, 1.54) is 42.0 Å². The van der Waals surface area contributed by atoms with Crippen LogP contribution in [0.2, 0.25) is 0 Å². The van der Waals surface area contributed by atoms with Gasteiger partial charge in [0.05, 0.1) is 19.8 Å². The molecule has 0 saturated heterocycles. The molecular formula is C17H28BrN2+. The van der Waals surface area contributed by atoms with Gasteiger partial charge in [0.2, 0.25) is 0 Å². The normalized spacial score (nSPS) is 20.7. The van der Waals surface area contributed by atoms with E-state index in [1.807, 2.05) is 13.8 Å². The zero-order chi connectivity index (χ0) is 15.0. The van der Waals surface area contributed by atoms with Gasteiger partial charge in [-0.1, -0.05) is 53.4 Å². The molecule has 0 bridgehead atoms. The van der Waals surface area contributed by atoms with Crippen molar-refractivity contribution >= 4 is 21.6 Å². The highest BCUT2D eigenvalue weighted by Gasteiger charge is 2.22. The summed E-state index contributed by atoms with van der Waals surface area (Å²) in [5, 5.41) is 5.94. The van der Waals surface area contributed by atoms with Crippen LogP contribution in [0, 0.1) is 5.92 Å². The monoisotopic (exact) mass is 339 g/mol. The Morgan fingerprint density at radius 1 is 1.15 bits per heavy atom. The average molecular weight is 340 g/mol. The van der Waals surface area contributed by atoms with Gasteiger partial charge in [0.1, 0.15) is 0 Å². The van der Waals surface area contributed by atoms with Crippen LogP contribution >= 0.6 is 15.9 Å². The average Bonchev–Trinajstić information content (AvgIpc) is 2.45. The van der Waals surface area contributed by atoms with E-state index in [1.54, 1.807) is 0 Å². The lowest BCUT2D eigenvalue weighted by atomic mass is 9.83. The summed E-state index contributed by atoms with van der Waals surface area (Å²) in [5.41, 5.74) is 2.84. The minimum Gasteiger partial charge on any atom is -0.214 e. The molecule has 112 valence electrons. The molecule has 0 aromatic heterocycles. The van der Waals surface area contributed by atoms with Gasteiger partial charge in [0.15, 0.2) is 0 Å². The Morgan fingerprint density at radius 3 is 2.40 bits per heavy atom. The van der Waals surface area contributed by atoms with Crippen molar-refractivity contribution in [2.75, 3.05) is 14.1 Å². The molecule has 1 aliphatic rings. The van der Waals surface area contributed by atoms with Crippen LogP contribution in [0.5, 0.6) is 0 Å². The number of hydrogen-bond donors (Lipinski definition) is 1. The number of quaternary nitrogens is 1. The van der Waals surface area contributed by atoms with Gasteiger partial charge in [-0.25, -0.2) is 5.01 Å². The molecule has 2 nitrogen and oxygen atoms in total. The van der Waals surface area contributed by atoms with Gasteiger partial charge in [-0.05, 0) is 43.4 Å². The van der Waals surface area contributed by atoms with Crippen molar-refractivity contribution in [3.8, 4) is 0 Å². The molecule has 0 radical (unpaired) electrons. The minimum atomic E-state index is 0.648. The molecule has 1 N–H and O–H groups in total. The van der Waals surface area contributed by atoms with Crippen molar-refractivity contribution in [2.45, 2.75) is 46.0 Å². The number of rotatable bonds is 3. The second kappa shape index (κ2) is 9.30. The highest BCUT2D eigenvalue weighted by molar-refractivity contribution is 9.10. The van der Waals surface area contributed by atoms with Crippen LogP contribution in [-0.4, -0.2) is 19.8 Å². The maximum Gasteiger partial charge on any atom is 0.0908 e. The zero-order valence-corrected chi connectivity index (χ0v) is 14.8. The summed E-state index contributed by atoms with van der Waals surface area (Å²) in [6, 6.07) is 8.70. The summed E-state index contributed by atoms with van der Waals surface area (Å²) in [6.07, 6.45) is 6.28. The van der Waals surface area contributed by atoms with Gasteiger partial charge in [-0.2, -0.15) is 0 Å². The van der Waals surface area contributed by atoms with Crippen LogP contribution in [-0.2, 0) is 6.42 Å². The van der Waals surface area contributed by atoms with Crippen molar-refractivity contribution < 1.29 is 5.01 Å². The van der Waals surface area contributed by atoms with Crippen LogP contribution in [0.4, 0.5) is 0 Å². The molecule has 2 rings (SSSR count). The van der Waals surface area contributed by atoms with E-state index in [4.69, 9.17) is 5.10 Å². The lowest BCUT2D eigenvalue weighted by Gasteiger charge is -2.23. The molecule has 1 aliphatic carbocycles. The summed E-state index contributed by atoms with van der Waals surface area (Å²) in [6.45, 7) is 4.00. The maximum absolute atomic E-state index is 4.76. The van der Waals surface area contributed by atoms with E-state index >= 15 is 0 Å². The predicted molar refractivity (Wildman–Crippen MR) is 91.4 cm³/mol. The number of hydrogen-bond acceptors (Lipinski definition) is 1. The van der Waals surface area contributed by atoms with E-state index in [9.17, 15) is 0 Å². The van der Waals surface area contributed by atoms with Gasteiger partial charge in [0.25, 0.3) is 0 Å². The Bertz CT molecular complexity index is 410. The van der Waals surface area contributed by atoms with E-state index < -0.39 is 0 Å². The maximum atomic E-state index is 4.76. The summed E-state index contributed by atoms with van der Waals surface area (Å²) < 4.78 is 1.15. The van der Waals surface area contributed by atoms with Crippen molar-refractivity contribution in [2.24, 2.45) is 11.0 Å². The van der Waals surface area contributed by atoms with Crippen LogP contribution < -0.4 is 5.01 Å². The van der Waals surface area contributed by atoms with Crippen molar-refractivity contribution in [1.82, 2.24) is 0 Å². The molecule has 0 spiro atoms. The Kier molecular flexibility index (Phi) is 8.08. The molecule has 1 fully saturated rings. The lowest BCUT2D eigenvalue weighted by Crippen LogP contribution is -3.00. The van der Waals surface area contributed by atoms with Gasteiger partial charge in [-0.3, -0.25) is 0 Å². The van der Waals surface area contributed by atoms with E-state index in [2.05, 4.69) is 54.3 Å². The van der Waals surface area contributed by atoms with E-state index in [0.717, 1.165) is 10.9 Å². The van der Waals surface area contributed by atoms with Gasteiger partial charge < -0.3 is 0 Å². The fraction of sp³-hybridized carbons (Fsp3) is 0.588. The smallest absolute Gasteiger partial charge is 0.0908 e. The van der Waals surface area contributed by atoms with Crippen molar-refractivity contribution in [3.05, 3.63) is 34.3 Å². The summed E-state index contributed by atoms with van der Waals surface area (Å²) in [4.78, 5) is 0. The molecule has 1 unspecified atom stereocenters. The summed E-state index contributed by atoms with van der Waals surface area (Å²) >= 11 is 3.49. The Labute approximate surface area is 132 Å². The SMILES string of the molecule is CC.C[NH+](C)/N=C1/CCCCC1Cc1ccc(Br)cc1. The number of halogens is 1. The minimum absolute atomic E-state index is 0.648. The highest BCUT2D eigenvalue weighted by atomic mass is 79.9. The first-order valence-electron chi connectivity index (χ1n) is 7.77. The molecule has 1 aromatic rings. The molecule has 0 amide bonds. The summed E-state index contributed by atoms with van der Waals surface area (Å²) in [7, 11) is 4.19. The van der Waals surface area contributed by atoms with Gasteiger partial charge >= 0.3 is 0 Å². The second-order valence-corrected chi connectivity index (χ2v) is 6.24. The third-order valence-electron chi connectivity index (χ3n) is 3.47.